The van der Waals surface area contributed by atoms with Crippen LogP contribution in [0.5, 0.6) is 23.0 Å². The number of carbonyl (C=O) groups excluding carboxylic acids is 4. The number of rotatable bonds is 13. The fraction of sp³-hybridized carbons (Fsp3) is 0.300. The second-order valence-corrected chi connectivity index (χ2v) is 19.1. The van der Waals surface area contributed by atoms with E-state index in [4.69, 9.17) is 33.2 Å². The Morgan fingerprint density at radius 1 is 0.724 bits per heavy atom. The predicted molar refractivity (Wildman–Crippen MR) is 278 cm³/mol. The monoisotopic (exact) mass is 1020 g/mol. The third kappa shape index (κ3) is 9.04. The number of cyclic esters (lactones) is 1. The van der Waals surface area contributed by atoms with Crippen molar-refractivity contribution in [1.82, 2.24) is 14.7 Å². The summed E-state index contributed by atoms with van der Waals surface area (Å²) in [5, 5.41) is 10.2. The highest BCUT2D eigenvalue weighted by Gasteiger charge is 2.76. The summed E-state index contributed by atoms with van der Waals surface area (Å²) < 4.78 is 40.7. The summed E-state index contributed by atoms with van der Waals surface area (Å²) >= 11 is 0. The van der Waals surface area contributed by atoms with Gasteiger partial charge >= 0.3 is 12.1 Å². The van der Waals surface area contributed by atoms with Crippen LogP contribution in [0, 0.1) is 17.8 Å². The van der Waals surface area contributed by atoms with Crippen LogP contribution >= 0.6 is 0 Å². The van der Waals surface area contributed by atoms with E-state index in [0.29, 0.717) is 64.9 Å². The fourth-order valence-corrected chi connectivity index (χ4v) is 11.6. The van der Waals surface area contributed by atoms with Crippen molar-refractivity contribution in [3.63, 3.8) is 0 Å². The molecule has 0 aliphatic carbocycles. The molecule has 16 nitrogen and oxygen atoms in total. The van der Waals surface area contributed by atoms with Gasteiger partial charge in [0, 0.05) is 56.5 Å². The zero-order valence-corrected chi connectivity index (χ0v) is 42.0. The summed E-state index contributed by atoms with van der Waals surface area (Å²) in [4.78, 5) is 70.7. The molecule has 6 unspecified atom stereocenters. The lowest BCUT2D eigenvalue weighted by atomic mass is 9.64. The Morgan fingerprint density at radius 2 is 1.42 bits per heavy atom. The molecular weight excluding hydrogens is 969 g/mol. The first-order valence-corrected chi connectivity index (χ1v) is 25.3. The van der Waals surface area contributed by atoms with Gasteiger partial charge in [0.15, 0.2) is 11.5 Å². The summed E-state index contributed by atoms with van der Waals surface area (Å²) in [5.74, 6) is 5.35. The van der Waals surface area contributed by atoms with E-state index < -0.39 is 59.4 Å². The number of amides is 3. The highest BCUT2D eigenvalue weighted by molar-refractivity contribution is 6.23. The molecule has 3 amide bonds. The summed E-state index contributed by atoms with van der Waals surface area (Å²) in [6.45, 7) is 1.62. The maximum Gasteiger partial charge on any atom is 0.421 e. The van der Waals surface area contributed by atoms with Crippen molar-refractivity contribution in [3.05, 3.63) is 185 Å². The molecule has 0 aromatic heterocycles. The quantitative estimate of drug-likeness (QED) is 0.0715. The van der Waals surface area contributed by atoms with E-state index in [-0.39, 0.29) is 57.6 Å². The molecule has 3 saturated heterocycles. The molecule has 11 rings (SSSR count). The molecule has 6 aromatic rings. The molecule has 16 heteroatoms. The zero-order valence-electron chi connectivity index (χ0n) is 42.0. The number of aliphatic hydroxyl groups is 1. The Labute approximate surface area is 440 Å². The summed E-state index contributed by atoms with van der Waals surface area (Å²) in [6, 6.07) is 40.9. The summed E-state index contributed by atoms with van der Waals surface area (Å²) in [5.41, 5.74) is 2.41. The Balaban J connectivity index is 1.13. The number of anilines is 1. The van der Waals surface area contributed by atoms with Gasteiger partial charge in [-0.05, 0) is 82.9 Å². The number of carbonyl (C=O) groups is 4. The normalized spacial score (nSPS) is 22.6. The first-order chi connectivity index (χ1) is 37.2. The number of imide groups is 1. The number of morpholine rings is 1. The van der Waals surface area contributed by atoms with Gasteiger partial charge in [-0.15, -0.1) is 0 Å². The highest BCUT2D eigenvalue weighted by atomic mass is 16.7. The van der Waals surface area contributed by atoms with Gasteiger partial charge in [-0.3, -0.25) is 24.2 Å². The first kappa shape index (κ1) is 50.0. The number of hydrogen-bond donors (Lipinski definition) is 1. The van der Waals surface area contributed by atoms with E-state index in [1.54, 1.807) is 60.5 Å². The lowest BCUT2D eigenvalue weighted by Gasteiger charge is -2.46. The Kier molecular flexibility index (Phi) is 14.2. The number of ether oxygens (including phenoxy) is 7. The third-order valence-corrected chi connectivity index (χ3v) is 15.0. The average molecular weight is 1030 g/mol. The molecule has 1 spiro atoms. The average Bonchev–Trinajstić information content (AvgIpc) is 4.33. The minimum atomic E-state index is -2.09. The van der Waals surface area contributed by atoms with Gasteiger partial charge in [-0.25, -0.2) is 9.69 Å². The minimum absolute atomic E-state index is 0.0485. The van der Waals surface area contributed by atoms with Crippen LogP contribution in [0.25, 0.3) is 0 Å². The van der Waals surface area contributed by atoms with Crippen molar-refractivity contribution < 1.29 is 57.4 Å². The van der Waals surface area contributed by atoms with Gasteiger partial charge in [0.25, 0.3) is 0 Å². The lowest BCUT2D eigenvalue weighted by Crippen LogP contribution is -2.59. The van der Waals surface area contributed by atoms with Crippen LogP contribution < -0.4 is 23.8 Å². The van der Waals surface area contributed by atoms with Crippen LogP contribution in [0.15, 0.2) is 146 Å². The van der Waals surface area contributed by atoms with Gasteiger partial charge in [-0.1, -0.05) is 96.8 Å². The molecule has 0 radical (unpaired) electrons. The lowest BCUT2D eigenvalue weighted by molar-refractivity contribution is -0.179. The number of nitrogens with zero attached hydrogens (tertiary/aromatic N) is 4. The third-order valence-electron chi connectivity index (χ3n) is 15.0. The number of aliphatic hydroxyl groups excluding tert-OH is 1. The highest BCUT2D eigenvalue weighted by Crippen LogP contribution is 2.67. The number of fused-ring (bicyclic) bond motifs is 4. The maximum absolute atomic E-state index is 16.8. The summed E-state index contributed by atoms with van der Waals surface area (Å²) in [6.07, 6.45) is -1.93. The number of para-hydroxylation sites is 1. The second-order valence-electron chi connectivity index (χ2n) is 19.1. The zero-order chi connectivity index (χ0) is 52.3. The molecule has 6 aromatic carbocycles. The SMILES string of the molecule is COCCOC(=O)N1C(=O)C2(c3cc(C#Cc4ccc(OC)cc4)ccc31)C(C(=O)N1CCN(Cc3ccc4c(c3)OCO4)CC1)C1C(=O)OC(c3ccccc3)C(c3ccccc3)N1C2c1ccccc1OCCO. The number of benzene rings is 6. The van der Waals surface area contributed by atoms with Gasteiger partial charge < -0.3 is 43.2 Å². The molecular formula is C60H56N4O12. The molecule has 0 saturated carbocycles. The standard InChI is InChI=1S/C60H56N4O12/c1-70-33-34-73-59(69)63-47-25-21-40(18-17-39-19-23-44(71-2)24-20-39)35-46(47)60(58(63)68)51(56(66)62-29-27-61(28-30-62)37-41-22-26-49-50(36-41)75-38-74-49)53-57(67)76-54(43-13-7-4-8-14-43)52(42-11-5-3-6-12-42)64(53)55(60)45-15-9-10-16-48(45)72-32-31-65/h3-16,19-26,35-36,51-55,65H,27-34,37-38H2,1-2H3. The molecule has 3 fully saturated rings. The molecule has 0 bridgehead atoms. The molecule has 5 aliphatic rings. The Bertz CT molecular complexity index is 3190. The van der Waals surface area contributed by atoms with Gasteiger partial charge in [0.1, 0.15) is 42.3 Å². The largest absolute Gasteiger partial charge is 0.497 e. The van der Waals surface area contributed by atoms with Crippen molar-refractivity contribution in [3.8, 4) is 34.8 Å². The van der Waals surface area contributed by atoms with Crippen LogP contribution in [0.2, 0.25) is 0 Å². The van der Waals surface area contributed by atoms with Crippen LogP contribution in [-0.4, -0.2) is 123 Å². The van der Waals surface area contributed by atoms with Crippen molar-refractivity contribution in [2.24, 2.45) is 5.92 Å². The molecule has 6 atom stereocenters. The van der Waals surface area contributed by atoms with E-state index in [2.05, 4.69) is 16.7 Å². The predicted octanol–water partition coefficient (Wildman–Crippen LogP) is 6.99. The maximum atomic E-state index is 16.8. The van der Waals surface area contributed by atoms with Crippen molar-refractivity contribution in [1.29, 1.82) is 0 Å². The number of piperazine rings is 1. The van der Waals surface area contributed by atoms with E-state index in [1.807, 2.05) is 102 Å². The molecule has 5 heterocycles. The van der Waals surface area contributed by atoms with Crippen molar-refractivity contribution >= 4 is 29.6 Å². The molecule has 76 heavy (non-hydrogen) atoms. The minimum Gasteiger partial charge on any atom is -0.497 e. The van der Waals surface area contributed by atoms with E-state index in [0.717, 1.165) is 16.0 Å². The second kappa shape index (κ2) is 21.6. The molecule has 388 valence electrons. The number of hydrogen-bond acceptors (Lipinski definition) is 14. The Morgan fingerprint density at radius 3 is 2.16 bits per heavy atom. The molecule has 1 N–H and O–H groups in total. The van der Waals surface area contributed by atoms with Crippen molar-refractivity contribution in [2.75, 3.05) is 78.5 Å². The van der Waals surface area contributed by atoms with Crippen LogP contribution in [-0.2, 0) is 40.6 Å². The van der Waals surface area contributed by atoms with Gasteiger partial charge in [-0.2, -0.15) is 0 Å². The van der Waals surface area contributed by atoms with E-state index in [1.165, 1.54) is 7.11 Å². The van der Waals surface area contributed by atoms with E-state index in [9.17, 15) is 9.90 Å². The number of methoxy groups -OCH3 is 2. The Hall–Kier alpha value is -8.20. The van der Waals surface area contributed by atoms with Crippen LogP contribution in [0.1, 0.15) is 57.1 Å². The number of esters is 1. The fourth-order valence-electron chi connectivity index (χ4n) is 11.6. The van der Waals surface area contributed by atoms with E-state index >= 15 is 14.4 Å². The van der Waals surface area contributed by atoms with Gasteiger partial charge in [0.2, 0.25) is 18.6 Å². The topological polar surface area (TPSA) is 166 Å². The first-order valence-electron chi connectivity index (χ1n) is 25.3. The molecule has 5 aliphatic heterocycles. The smallest absolute Gasteiger partial charge is 0.421 e. The van der Waals surface area contributed by atoms with Gasteiger partial charge in [0.05, 0.1) is 44.0 Å². The van der Waals surface area contributed by atoms with Crippen LogP contribution in [0.3, 0.4) is 0 Å². The van der Waals surface area contributed by atoms with Crippen LogP contribution in [0.4, 0.5) is 10.5 Å². The van der Waals surface area contributed by atoms with Crippen molar-refractivity contribution in [2.45, 2.75) is 36.2 Å². The summed E-state index contributed by atoms with van der Waals surface area (Å²) in [7, 11) is 3.06.